The molecule has 0 unspecified atom stereocenters. The maximum Gasteiger partial charge on any atom is 0.305 e. The topological polar surface area (TPSA) is 26.3 Å². The molecule has 0 heterocycles. The molecule has 132 valence electrons. The molecule has 4 heteroatoms. The molecule has 0 radical (unpaired) electrons. The van der Waals surface area contributed by atoms with Crippen LogP contribution in [0.2, 0.25) is 0 Å². The molecular formula is C18H35FO2S. The van der Waals surface area contributed by atoms with E-state index >= 15 is 0 Å². The molecular weight excluding hydrogens is 299 g/mol. The third kappa shape index (κ3) is 17.8. The molecule has 0 spiro atoms. The second kappa shape index (κ2) is 18.8. The highest BCUT2D eigenvalue weighted by Gasteiger charge is 1.99. The number of carbonyl (C=O) groups is 1. The van der Waals surface area contributed by atoms with Crippen LogP contribution in [0.4, 0.5) is 4.39 Å². The molecule has 0 saturated heterocycles. The Hall–Kier alpha value is -0.250. The lowest BCUT2D eigenvalue weighted by Gasteiger charge is -2.03. The third-order valence-electron chi connectivity index (χ3n) is 3.82. The van der Waals surface area contributed by atoms with Gasteiger partial charge < -0.3 is 4.74 Å². The predicted molar refractivity (Wildman–Crippen MR) is 95.3 cm³/mol. The van der Waals surface area contributed by atoms with E-state index < -0.39 is 0 Å². The lowest BCUT2D eigenvalue weighted by molar-refractivity contribution is -0.140. The molecule has 0 aliphatic rings. The molecule has 0 aromatic rings. The average Bonchev–Trinajstić information content (AvgIpc) is 2.54. The number of hydrogen-bond acceptors (Lipinski definition) is 3. The maximum atomic E-state index is 11.9. The Kier molecular flexibility index (Phi) is 18.6. The fraction of sp³-hybridized carbons (Fsp3) is 0.944. The fourth-order valence-electron chi connectivity index (χ4n) is 2.39. The first-order chi connectivity index (χ1) is 10.8. The van der Waals surface area contributed by atoms with E-state index in [4.69, 9.17) is 0 Å². The quantitative estimate of drug-likeness (QED) is 0.243. The van der Waals surface area contributed by atoms with Gasteiger partial charge in [0, 0.05) is 6.42 Å². The van der Waals surface area contributed by atoms with Crippen molar-refractivity contribution in [2.75, 3.05) is 25.3 Å². The number of halogens is 1. The van der Waals surface area contributed by atoms with Crippen molar-refractivity contribution in [3.63, 3.8) is 0 Å². The second-order valence-electron chi connectivity index (χ2n) is 5.87. The molecule has 2 nitrogen and oxygen atoms in total. The summed E-state index contributed by atoms with van der Waals surface area (Å²) >= 11 is 2.07. The van der Waals surface area contributed by atoms with Gasteiger partial charge in [0.05, 0.1) is 13.8 Å². The Morgan fingerprint density at radius 2 is 1.23 bits per heavy atom. The number of carbonyl (C=O) groups excluding carboxylic acids is 1. The molecule has 0 aromatic heterocycles. The van der Waals surface area contributed by atoms with E-state index in [0.29, 0.717) is 6.42 Å². The third-order valence-corrected chi connectivity index (χ3v) is 4.97. The van der Waals surface area contributed by atoms with Crippen LogP contribution < -0.4 is 0 Å². The minimum Gasteiger partial charge on any atom is -0.469 e. The molecule has 22 heavy (non-hydrogen) atoms. The van der Waals surface area contributed by atoms with Crippen LogP contribution in [0.3, 0.4) is 0 Å². The van der Waals surface area contributed by atoms with Gasteiger partial charge in [-0.15, -0.1) is 0 Å². The molecule has 0 amide bonds. The minimum absolute atomic E-state index is 0.0852. The summed E-state index contributed by atoms with van der Waals surface area (Å²) in [5.74, 6) is 2.47. The molecule has 0 aliphatic carbocycles. The zero-order valence-corrected chi connectivity index (χ0v) is 15.2. The van der Waals surface area contributed by atoms with E-state index in [-0.39, 0.29) is 12.6 Å². The summed E-state index contributed by atoms with van der Waals surface area (Å²) < 4.78 is 16.5. The number of unbranched alkanes of at least 4 members (excludes halogenated alkanes) is 10. The summed E-state index contributed by atoms with van der Waals surface area (Å²) in [7, 11) is 1.45. The molecule has 0 bridgehead atoms. The standard InChI is InChI=1S/C18H35FO2S/c1-21-18(20)14-10-6-5-9-13-17-22-16-12-8-4-2-3-7-11-15-19/h2-17H2,1H3. The van der Waals surface area contributed by atoms with Gasteiger partial charge in [0.2, 0.25) is 0 Å². The molecule has 0 fully saturated rings. The smallest absolute Gasteiger partial charge is 0.305 e. The molecule has 0 saturated carbocycles. The summed E-state index contributed by atoms with van der Waals surface area (Å²) in [5, 5.41) is 0. The average molecular weight is 335 g/mol. The number of thioether (sulfide) groups is 1. The normalized spacial score (nSPS) is 10.8. The highest BCUT2D eigenvalue weighted by molar-refractivity contribution is 7.99. The van der Waals surface area contributed by atoms with Gasteiger partial charge in [-0.2, -0.15) is 11.8 Å². The fourth-order valence-corrected chi connectivity index (χ4v) is 3.41. The van der Waals surface area contributed by atoms with E-state index in [1.165, 1.54) is 70.0 Å². The first-order valence-corrected chi connectivity index (χ1v) is 10.2. The number of rotatable bonds is 17. The predicted octanol–water partition coefficient (Wildman–Crippen LogP) is 5.93. The van der Waals surface area contributed by atoms with Crippen LogP contribution in [0, 0.1) is 0 Å². The van der Waals surface area contributed by atoms with E-state index in [1.54, 1.807) is 0 Å². The highest BCUT2D eigenvalue weighted by Crippen LogP contribution is 2.13. The van der Waals surface area contributed by atoms with Gasteiger partial charge in [-0.1, -0.05) is 51.4 Å². The van der Waals surface area contributed by atoms with Gasteiger partial charge in [-0.05, 0) is 37.2 Å². The molecule has 0 atom stereocenters. The van der Waals surface area contributed by atoms with Crippen LogP contribution in [0.15, 0.2) is 0 Å². The lowest BCUT2D eigenvalue weighted by Crippen LogP contribution is -1.99. The molecule has 0 aromatic carbocycles. The van der Waals surface area contributed by atoms with Gasteiger partial charge in [-0.25, -0.2) is 0 Å². The summed E-state index contributed by atoms with van der Waals surface area (Å²) in [5.41, 5.74) is 0. The first kappa shape index (κ1) is 21.8. The Labute approximate surface area is 141 Å². The number of hydrogen-bond donors (Lipinski definition) is 0. The van der Waals surface area contributed by atoms with Crippen LogP contribution in [0.25, 0.3) is 0 Å². The van der Waals surface area contributed by atoms with E-state index in [9.17, 15) is 9.18 Å². The maximum absolute atomic E-state index is 11.9. The van der Waals surface area contributed by atoms with Crippen molar-refractivity contribution in [1.82, 2.24) is 0 Å². The zero-order chi connectivity index (χ0) is 16.3. The van der Waals surface area contributed by atoms with Crippen molar-refractivity contribution in [2.45, 2.75) is 83.5 Å². The van der Waals surface area contributed by atoms with Crippen LogP contribution in [0.5, 0.6) is 0 Å². The lowest BCUT2D eigenvalue weighted by atomic mass is 10.1. The first-order valence-electron chi connectivity index (χ1n) is 9.01. The van der Waals surface area contributed by atoms with Crippen LogP contribution >= 0.6 is 11.8 Å². The molecule has 0 rings (SSSR count). The van der Waals surface area contributed by atoms with Gasteiger partial charge >= 0.3 is 5.97 Å². The van der Waals surface area contributed by atoms with Crippen molar-refractivity contribution in [3.05, 3.63) is 0 Å². The Balaban J connectivity index is 2.98. The van der Waals surface area contributed by atoms with Gasteiger partial charge in [0.25, 0.3) is 0 Å². The Morgan fingerprint density at radius 1 is 0.773 bits per heavy atom. The zero-order valence-electron chi connectivity index (χ0n) is 14.4. The minimum atomic E-state index is -0.151. The SMILES string of the molecule is COC(=O)CCCCCCCSCCCCCCCCCF. The van der Waals surface area contributed by atoms with Crippen molar-refractivity contribution in [2.24, 2.45) is 0 Å². The van der Waals surface area contributed by atoms with Crippen molar-refractivity contribution < 1.29 is 13.9 Å². The van der Waals surface area contributed by atoms with Crippen molar-refractivity contribution in [3.8, 4) is 0 Å². The van der Waals surface area contributed by atoms with Gasteiger partial charge in [0.1, 0.15) is 0 Å². The van der Waals surface area contributed by atoms with Crippen LogP contribution in [-0.2, 0) is 9.53 Å². The Bertz CT molecular complexity index is 237. The number of esters is 1. The number of alkyl halides is 1. The summed E-state index contributed by atoms with van der Waals surface area (Å²) in [6.45, 7) is -0.151. The molecule has 0 N–H and O–H groups in total. The number of ether oxygens (including phenoxy) is 1. The van der Waals surface area contributed by atoms with Gasteiger partial charge in [0.15, 0.2) is 0 Å². The second-order valence-corrected chi connectivity index (χ2v) is 7.09. The molecule has 0 aliphatic heterocycles. The van der Waals surface area contributed by atoms with Crippen molar-refractivity contribution in [1.29, 1.82) is 0 Å². The summed E-state index contributed by atoms with van der Waals surface area (Å²) in [6.07, 6.45) is 14.7. The largest absolute Gasteiger partial charge is 0.469 e. The monoisotopic (exact) mass is 334 g/mol. The summed E-state index contributed by atoms with van der Waals surface area (Å²) in [6, 6.07) is 0. The van der Waals surface area contributed by atoms with Gasteiger partial charge in [-0.3, -0.25) is 9.18 Å². The number of methoxy groups -OCH3 is 1. The Morgan fingerprint density at radius 3 is 1.73 bits per heavy atom. The van der Waals surface area contributed by atoms with Crippen LogP contribution in [0.1, 0.15) is 83.5 Å². The van der Waals surface area contributed by atoms with Crippen molar-refractivity contribution >= 4 is 17.7 Å². The van der Waals surface area contributed by atoms with E-state index in [1.807, 2.05) is 0 Å². The summed E-state index contributed by atoms with van der Waals surface area (Å²) in [4.78, 5) is 10.9. The van der Waals surface area contributed by atoms with Crippen LogP contribution in [-0.4, -0.2) is 31.3 Å². The van der Waals surface area contributed by atoms with E-state index in [2.05, 4.69) is 16.5 Å². The highest BCUT2D eigenvalue weighted by atomic mass is 32.2. The van der Waals surface area contributed by atoms with E-state index in [0.717, 1.165) is 25.7 Å².